The molecular weight excluding hydrogens is 326 g/mol. The number of likely N-dealkylation sites (tertiary alicyclic amines) is 1. The van der Waals surface area contributed by atoms with Crippen molar-refractivity contribution in [2.24, 2.45) is 11.8 Å². The van der Waals surface area contributed by atoms with Crippen LogP contribution in [0.1, 0.15) is 12.8 Å². The zero-order valence-corrected chi connectivity index (χ0v) is 13.6. The maximum Gasteiger partial charge on any atom is 0.246 e. The zero-order chi connectivity index (χ0) is 16.7. The predicted octanol–water partition coefficient (Wildman–Crippen LogP) is 2.19. The van der Waals surface area contributed by atoms with Gasteiger partial charge in [-0.3, -0.25) is 19.3 Å². The van der Waals surface area contributed by atoms with Crippen molar-refractivity contribution >= 4 is 44.4 Å². The van der Waals surface area contributed by atoms with Gasteiger partial charge < -0.3 is 5.32 Å². The molecule has 4 rings (SSSR count). The van der Waals surface area contributed by atoms with Gasteiger partial charge in [-0.1, -0.05) is 35.6 Å². The van der Waals surface area contributed by atoms with Crippen molar-refractivity contribution in [2.75, 3.05) is 11.9 Å². The first-order valence-electron chi connectivity index (χ1n) is 7.79. The quantitative estimate of drug-likeness (QED) is 0.685. The van der Waals surface area contributed by atoms with Crippen LogP contribution < -0.4 is 5.32 Å². The summed E-state index contributed by atoms with van der Waals surface area (Å²) in [7, 11) is 0. The number of hydrogen-bond acceptors (Lipinski definition) is 5. The smallest absolute Gasteiger partial charge is 0.246 e. The summed E-state index contributed by atoms with van der Waals surface area (Å²) < 4.78 is 0.971. The van der Waals surface area contributed by atoms with Crippen molar-refractivity contribution < 1.29 is 14.4 Å². The van der Waals surface area contributed by atoms with E-state index in [0.29, 0.717) is 18.0 Å². The summed E-state index contributed by atoms with van der Waals surface area (Å²) in [5.41, 5.74) is 0.809. The van der Waals surface area contributed by atoms with Gasteiger partial charge in [-0.2, -0.15) is 0 Å². The first kappa shape index (κ1) is 15.0. The van der Waals surface area contributed by atoms with E-state index in [-0.39, 0.29) is 30.2 Å². The molecule has 1 aliphatic heterocycles. The lowest BCUT2D eigenvalue weighted by atomic mass is 9.85. The second kappa shape index (κ2) is 5.83. The third-order valence-corrected chi connectivity index (χ3v) is 5.39. The number of anilines is 1. The topological polar surface area (TPSA) is 79.4 Å². The van der Waals surface area contributed by atoms with Crippen molar-refractivity contribution in [3.63, 3.8) is 0 Å². The highest BCUT2D eigenvalue weighted by molar-refractivity contribution is 7.22. The molecule has 0 unspecified atom stereocenters. The number of allylic oxidation sites excluding steroid dienone is 2. The lowest BCUT2D eigenvalue weighted by Gasteiger charge is -2.14. The molecule has 1 fully saturated rings. The average Bonchev–Trinajstić information content (AvgIpc) is 3.09. The minimum atomic E-state index is -0.401. The van der Waals surface area contributed by atoms with E-state index in [1.807, 2.05) is 36.4 Å². The molecule has 1 saturated heterocycles. The SMILES string of the molecule is O=C(CN1C(=O)[C@H]2CC=CC[C@H]2C1=O)Nc1nc2ccccc2s1. The maximum absolute atomic E-state index is 12.4. The number of imide groups is 1. The van der Waals surface area contributed by atoms with Crippen LogP contribution in [0.5, 0.6) is 0 Å². The Morgan fingerprint density at radius 3 is 2.50 bits per heavy atom. The molecule has 0 saturated carbocycles. The molecule has 6 nitrogen and oxygen atoms in total. The number of aromatic nitrogens is 1. The Labute approximate surface area is 142 Å². The van der Waals surface area contributed by atoms with Gasteiger partial charge in [0.05, 0.1) is 22.1 Å². The van der Waals surface area contributed by atoms with E-state index in [9.17, 15) is 14.4 Å². The first-order valence-corrected chi connectivity index (χ1v) is 8.61. The summed E-state index contributed by atoms with van der Waals surface area (Å²) in [5.74, 6) is -1.50. The average molecular weight is 341 g/mol. The van der Waals surface area contributed by atoms with Crippen LogP contribution in [0.25, 0.3) is 10.2 Å². The number of amides is 3. The molecule has 1 aromatic carbocycles. The van der Waals surface area contributed by atoms with E-state index in [2.05, 4.69) is 10.3 Å². The molecular formula is C17H15N3O3S. The summed E-state index contributed by atoms with van der Waals surface area (Å²) in [5, 5.41) is 3.16. The zero-order valence-electron chi connectivity index (χ0n) is 12.8. The fraction of sp³-hybridized carbons (Fsp3) is 0.294. The van der Waals surface area contributed by atoms with Crippen LogP contribution in [0.3, 0.4) is 0 Å². The number of thiazole rings is 1. The minimum absolute atomic E-state index is 0.242. The van der Waals surface area contributed by atoms with Crippen molar-refractivity contribution in [3.05, 3.63) is 36.4 Å². The second-order valence-electron chi connectivity index (χ2n) is 5.95. The highest BCUT2D eigenvalue weighted by atomic mass is 32.1. The summed E-state index contributed by atoms with van der Waals surface area (Å²) in [4.78, 5) is 42.4. The Morgan fingerprint density at radius 2 is 1.83 bits per heavy atom. The van der Waals surface area contributed by atoms with Crippen molar-refractivity contribution in [1.82, 2.24) is 9.88 Å². The Morgan fingerprint density at radius 1 is 1.17 bits per heavy atom. The van der Waals surface area contributed by atoms with E-state index in [1.54, 1.807) is 0 Å². The van der Waals surface area contributed by atoms with Gasteiger partial charge in [-0.25, -0.2) is 4.98 Å². The molecule has 1 N–H and O–H groups in total. The number of rotatable bonds is 3. The summed E-state index contributed by atoms with van der Waals surface area (Å²) >= 11 is 1.36. The minimum Gasteiger partial charge on any atom is -0.300 e. The molecule has 122 valence electrons. The van der Waals surface area contributed by atoms with Gasteiger partial charge in [-0.05, 0) is 25.0 Å². The number of benzene rings is 1. The van der Waals surface area contributed by atoms with Crippen LogP contribution in [0.4, 0.5) is 5.13 Å². The van der Waals surface area contributed by atoms with E-state index in [4.69, 9.17) is 0 Å². The molecule has 7 heteroatoms. The van der Waals surface area contributed by atoms with Crippen molar-refractivity contribution in [1.29, 1.82) is 0 Å². The van der Waals surface area contributed by atoms with Crippen molar-refractivity contribution in [2.45, 2.75) is 12.8 Å². The van der Waals surface area contributed by atoms with Crippen molar-refractivity contribution in [3.8, 4) is 0 Å². The summed E-state index contributed by atoms with van der Waals surface area (Å²) in [6, 6.07) is 7.58. The fourth-order valence-electron chi connectivity index (χ4n) is 3.25. The third kappa shape index (κ3) is 2.50. The Bertz CT molecular complexity index is 814. The monoisotopic (exact) mass is 341 g/mol. The maximum atomic E-state index is 12.4. The van der Waals surface area contributed by atoms with Gasteiger partial charge in [0.15, 0.2) is 5.13 Å². The van der Waals surface area contributed by atoms with Crippen LogP contribution in [0.15, 0.2) is 36.4 Å². The van der Waals surface area contributed by atoms with Gasteiger partial charge in [0.2, 0.25) is 17.7 Å². The van der Waals surface area contributed by atoms with Crippen LogP contribution >= 0.6 is 11.3 Å². The standard InChI is InChI=1S/C17H15N3O3S/c21-14(19-17-18-12-7-3-4-8-13(12)24-17)9-20-15(22)10-5-1-2-6-11(10)16(20)23/h1-4,7-8,10-11H,5-6,9H2,(H,18,19,21)/t10-,11+. The lowest BCUT2D eigenvalue weighted by molar-refractivity contribution is -0.142. The highest BCUT2D eigenvalue weighted by Gasteiger charge is 2.47. The number of carbonyl (C=O) groups is 3. The molecule has 1 aliphatic carbocycles. The molecule has 2 atom stereocenters. The molecule has 2 aromatic rings. The van der Waals surface area contributed by atoms with Gasteiger partial charge >= 0.3 is 0 Å². The van der Waals surface area contributed by atoms with Crippen LogP contribution in [-0.4, -0.2) is 34.2 Å². The Balaban J connectivity index is 1.46. The third-order valence-electron chi connectivity index (χ3n) is 4.44. The largest absolute Gasteiger partial charge is 0.300 e. The highest BCUT2D eigenvalue weighted by Crippen LogP contribution is 2.35. The molecule has 3 amide bonds. The van der Waals surface area contributed by atoms with E-state index in [0.717, 1.165) is 15.1 Å². The Hall–Kier alpha value is -2.54. The number of nitrogens with zero attached hydrogens (tertiary/aromatic N) is 2. The summed E-state index contributed by atoms with van der Waals surface area (Å²) in [6.07, 6.45) is 5.00. The molecule has 1 aromatic heterocycles. The second-order valence-corrected chi connectivity index (χ2v) is 6.98. The molecule has 0 radical (unpaired) electrons. The predicted molar refractivity (Wildman–Crippen MR) is 90.3 cm³/mol. The van der Waals surface area contributed by atoms with E-state index in [1.165, 1.54) is 11.3 Å². The van der Waals surface area contributed by atoms with E-state index >= 15 is 0 Å². The van der Waals surface area contributed by atoms with Gasteiger partial charge in [0, 0.05) is 0 Å². The number of fused-ring (bicyclic) bond motifs is 2. The number of nitrogens with one attached hydrogen (secondary N) is 1. The lowest BCUT2D eigenvalue weighted by Crippen LogP contribution is -2.38. The van der Waals surface area contributed by atoms with Crippen LogP contribution in [0.2, 0.25) is 0 Å². The Kier molecular flexibility index (Phi) is 3.65. The normalized spacial score (nSPS) is 22.9. The van der Waals surface area contributed by atoms with Crippen LogP contribution in [-0.2, 0) is 14.4 Å². The molecule has 0 bridgehead atoms. The van der Waals surface area contributed by atoms with Crippen LogP contribution in [0, 0.1) is 11.8 Å². The van der Waals surface area contributed by atoms with E-state index < -0.39 is 5.91 Å². The van der Waals surface area contributed by atoms with Gasteiger partial charge in [0.25, 0.3) is 0 Å². The molecule has 0 spiro atoms. The summed E-state index contributed by atoms with van der Waals surface area (Å²) in [6.45, 7) is -0.249. The number of para-hydroxylation sites is 1. The number of carbonyl (C=O) groups excluding carboxylic acids is 3. The molecule has 24 heavy (non-hydrogen) atoms. The molecule has 2 aliphatic rings. The van der Waals surface area contributed by atoms with Gasteiger partial charge in [-0.15, -0.1) is 0 Å². The number of hydrogen-bond donors (Lipinski definition) is 1. The fourth-order valence-corrected chi connectivity index (χ4v) is 4.13. The van der Waals surface area contributed by atoms with Gasteiger partial charge in [0.1, 0.15) is 6.54 Å². The molecule has 2 heterocycles. The first-order chi connectivity index (χ1) is 11.6.